The van der Waals surface area contributed by atoms with Crippen LogP contribution in [0.3, 0.4) is 0 Å². The number of hydrogen-bond donors (Lipinski definition) is 1. The zero-order valence-corrected chi connectivity index (χ0v) is 15.1. The summed E-state index contributed by atoms with van der Waals surface area (Å²) in [5, 5.41) is 7.57. The summed E-state index contributed by atoms with van der Waals surface area (Å²) in [7, 11) is 0. The fraction of sp³-hybridized carbons (Fsp3) is 0.0909. The van der Waals surface area contributed by atoms with Gasteiger partial charge in [-0.1, -0.05) is 17.3 Å². The van der Waals surface area contributed by atoms with Gasteiger partial charge in [0.05, 0.1) is 17.7 Å². The Hall–Kier alpha value is -3.67. The first-order valence-electron chi connectivity index (χ1n) is 8.84. The zero-order valence-electron chi connectivity index (χ0n) is 15.1. The molecule has 0 radical (unpaired) electrons. The average molecular weight is 376 g/mol. The molecular weight excluding hydrogens is 359 g/mol. The lowest BCUT2D eigenvalue weighted by Gasteiger charge is -2.11. The van der Waals surface area contributed by atoms with Crippen LogP contribution >= 0.6 is 0 Å². The molecule has 140 valence electrons. The molecule has 0 saturated heterocycles. The highest BCUT2D eigenvalue weighted by Gasteiger charge is 2.15. The molecule has 6 heteroatoms. The molecule has 28 heavy (non-hydrogen) atoms. The number of nitrogens with zero attached hydrogens (tertiary/aromatic N) is 1. The Bertz CT molecular complexity index is 1140. The third-order valence-corrected chi connectivity index (χ3v) is 4.28. The van der Waals surface area contributed by atoms with Crippen molar-refractivity contribution in [2.24, 2.45) is 0 Å². The Labute approximate surface area is 160 Å². The molecule has 0 saturated carbocycles. The first-order chi connectivity index (χ1) is 13.7. The molecule has 1 aromatic heterocycles. The van der Waals surface area contributed by atoms with E-state index in [0.29, 0.717) is 45.8 Å². The lowest BCUT2D eigenvalue weighted by molar-refractivity contribution is 0.102. The molecule has 5 nitrogen and oxygen atoms in total. The molecular formula is C22H17FN2O3. The molecule has 0 spiro atoms. The number of halogens is 1. The first-order valence-corrected chi connectivity index (χ1v) is 8.84. The highest BCUT2D eigenvalue weighted by molar-refractivity contribution is 6.08. The molecule has 0 atom stereocenters. The van der Waals surface area contributed by atoms with Crippen LogP contribution in [0, 0.1) is 5.82 Å². The Kier molecular flexibility index (Phi) is 4.76. The SMILES string of the molecule is CCOc1ccccc1NC(=O)c1ccc2noc(-c3ccc(F)cc3)c2c1. The average Bonchev–Trinajstić information content (AvgIpc) is 3.13. The van der Waals surface area contributed by atoms with Gasteiger partial charge in [0.25, 0.3) is 5.91 Å². The van der Waals surface area contributed by atoms with Crippen molar-refractivity contribution in [2.75, 3.05) is 11.9 Å². The number of ether oxygens (including phenoxy) is 1. The van der Waals surface area contributed by atoms with Crippen LogP contribution in [0.15, 0.2) is 71.3 Å². The van der Waals surface area contributed by atoms with E-state index < -0.39 is 0 Å². The zero-order chi connectivity index (χ0) is 19.5. The van der Waals surface area contributed by atoms with Gasteiger partial charge < -0.3 is 14.6 Å². The maximum Gasteiger partial charge on any atom is 0.255 e. The fourth-order valence-corrected chi connectivity index (χ4v) is 2.94. The van der Waals surface area contributed by atoms with E-state index in [0.717, 1.165) is 0 Å². The Morgan fingerprint density at radius 1 is 1.11 bits per heavy atom. The number of para-hydroxylation sites is 2. The van der Waals surface area contributed by atoms with Crippen molar-refractivity contribution in [1.29, 1.82) is 0 Å². The van der Waals surface area contributed by atoms with Gasteiger partial charge in [-0.3, -0.25) is 4.79 Å². The third kappa shape index (κ3) is 3.44. The number of rotatable bonds is 5. The molecule has 0 unspecified atom stereocenters. The van der Waals surface area contributed by atoms with E-state index in [2.05, 4.69) is 10.5 Å². The number of anilines is 1. The van der Waals surface area contributed by atoms with E-state index in [4.69, 9.17) is 9.26 Å². The summed E-state index contributed by atoms with van der Waals surface area (Å²) in [6.45, 7) is 2.38. The number of carbonyl (C=O) groups is 1. The number of amides is 1. The predicted molar refractivity (Wildman–Crippen MR) is 105 cm³/mol. The lowest BCUT2D eigenvalue weighted by atomic mass is 10.1. The number of fused-ring (bicyclic) bond motifs is 1. The van der Waals surface area contributed by atoms with Crippen molar-refractivity contribution in [1.82, 2.24) is 5.16 Å². The molecule has 0 aliphatic heterocycles. The van der Waals surface area contributed by atoms with Crippen LogP contribution in [-0.4, -0.2) is 17.7 Å². The second-order valence-corrected chi connectivity index (χ2v) is 6.13. The molecule has 4 aromatic rings. The van der Waals surface area contributed by atoms with Crippen LogP contribution < -0.4 is 10.1 Å². The number of hydrogen-bond acceptors (Lipinski definition) is 4. The predicted octanol–water partition coefficient (Wildman–Crippen LogP) is 5.28. The summed E-state index contributed by atoms with van der Waals surface area (Å²) in [5.74, 6) is 0.483. The maximum atomic E-state index is 13.2. The van der Waals surface area contributed by atoms with E-state index >= 15 is 0 Å². The van der Waals surface area contributed by atoms with Crippen LogP contribution in [0.4, 0.5) is 10.1 Å². The summed E-state index contributed by atoms with van der Waals surface area (Å²) < 4.78 is 24.2. The summed E-state index contributed by atoms with van der Waals surface area (Å²) in [4.78, 5) is 12.8. The van der Waals surface area contributed by atoms with E-state index in [9.17, 15) is 9.18 Å². The molecule has 0 fully saturated rings. The largest absolute Gasteiger partial charge is 0.492 e. The van der Waals surface area contributed by atoms with Crippen molar-refractivity contribution in [2.45, 2.75) is 6.92 Å². The van der Waals surface area contributed by atoms with Gasteiger partial charge in [-0.15, -0.1) is 0 Å². The van der Waals surface area contributed by atoms with Crippen molar-refractivity contribution in [3.8, 4) is 17.1 Å². The second kappa shape index (κ2) is 7.52. The van der Waals surface area contributed by atoms with E-state index in [-0.39, 0.29) is 11.7 Å². The quantitative estimate of drug-likeness (QED) is 0.514. The molecule has 0 bridgehead atoms. The van der Waals surface area contributed by atoms with Crippen molar-refractivity contribution in [3.05, 3.63) is 78.1 Å². The highest BCUT2D eigenvalue weighted by atomic mass is 19.1. The van der Waals surface area contributed by atoms with Gasteiger partial charge in [0, 0.05) is 11.1 Å². The standard InChI is InChI=1S/C22H17FN2O3/c1-2-27-20-6-4-3-5-19(20)24-22(26)15-9-12-18-17(13-15)21(28-25-18)14-7-10-16(23)11-8-14/h3-13H,2H2,1H3,(H,24,26). The Morgan fingerprint density at radius 3 is 2.68 bits per heavy atom. The van der Waals surface area contributed by atoms with Gasteiger partial charge in [-0.2, -0.15) is 0 Å². The minimum atomic E-state index is -0.333. The molecule has 0 aliphatic carbocycles. The summed E-state index contributed by atoms with van der Waals surface area (Å²) in [6, 6.07) is 18.3. The maximum absolute atomic E-state index is 13.2. The number of benzene rings is 3. The van der Waals surface area contributed by atoms with Gasteiger partial charge in [0.15, 0.2) is 5.76 Å². The molecule has 1 N–H and O–H groups in total. The van der Waals surface area contributed by atoms with Gasteiger partial charge >= 0.3 is 0 Å². The minimum Gasteiger partial charge on any atom is -0.492 e. The number of nitrogens with one attached hydrogen (secondary N) is 1. The van der Waals surface area contributed by atoms with Crippen LogP contribution in [0.5, 0.6) is 5.75 Å². The number of carbonyl (C=O) groups excluding carboxylic acids is 1. The van der Waals surface area contributed by atoms with Gasteiger partial charge in [-0.25, -0.2) is 4.39 Å². The van der Waals surface area contributed by atoms with Crippen molar-refractivity contribution in [3.63, 3.8) is 0 Å². The molecule has 3 aromatic carbocycles. The second-order valence-electron chi connectivity index (χ2n) is 6.13. The first kappa shape index (κ1) is 17.7. The summed E-state index contributed by atoms with van der Waals surface area (Å²) in [6.07, 6.45) is 0. The normalized spacial score (nSPS) is 10.8. The third-order valence-electron chi connectivity index (χ3n) is 4.28. The van der Waals surface area contributed by atoms with Crippen LogP contribution in [0.25, 0.3) is 22.2 Å². The van der Waals surface area contributed by atoms with Gasteiger partial charge in [0.1, 0.15) is 17.1 Å². The lowest BCUT2D eigenvalue weighted by Crippen LogP contribution is -2.12. The molecule has 1 amide bonds. The minimum absolute atomic E-state index is 0.277. The Balaban J connectivity index is 1.67. The molecule has 0 aliphatic rings. The van der Waals surface area contributed by atoms with Crippen LogP contribution in [0.2, 0.25) is 0 Å². The van der Waals surface area contributed by atoms with E-state index in [1.807, 2.05) is 19.1 Å². The van der Waals surface area contributed by atoms with Gasteiger partial charge in [-0.05, 0) is 61.5 Å². The summed E-state index contributed by atoms with van der Waals surface area (Å²) >= 11 is 0. The highest BCUT2D eigenvalue weighted by Crippen LogP contribution is 2.30. The van der Waals surface area contributed by atoms with Crippen LogP contribution in [0.1, 0.15) is 17.3 Å². The smallest absolute Gasteiger partial charge is 0.255 e. The molecule has 1 heterocycles. The number of aromatic nitrogens is 1. The van der Waals surface area contributed by atoms with E-state index in [1.165, 1.54) is 12.1 Å². The van der Waals surface area contributed by atoms with Gasteiger partial charge in [0.2, 0.25) is 0 Å². The van der Waals surface area contributed by atoms with Crippen LogP contribution in [-0.2, 0) is 0 Å². The van der Waals surface area contributed by atoms with Crippen molar-refractivity contribution < 1.29 is 18.4 Å². The summed E-state index contributed by atoms with van der Waals surface area (Å²) in [5.41, 5.74) is 2.35. The molecule has 4 rings (SSSR count). The Morgan fingerprint density at radius 2 is 1.89 bits per heavy atom. The monoisotopic (exact) mass is 376 g/mol. The topological polar surface area (TPSA) is 64.4 Å². The van der Waals surface area contributed by atoms with E-state index in [1.54, 1.807) is 42.5 Å². The van der Waals surface area contributed by atoms with Crippen molar-refractivity contribution >= 4 is 22.5 Å². The fourth-order valence-electron chi connectivity index (χ4n) is 2.94.